The Morgan fingerprint density at radius 2 is 2.36 bits per heavy atom. The fourth-order valence-electron chi connectivity index (χ4n) is 1.69. The minimum atomic E-state index is -0.244. The molecule has 0 aromatic carbocycles. The van der Waals surface area contributed by atoms with Crippen molar-refractivity contribution in [1.82, 2.24) is 9.97 Å². The third-order valence-corrected chi connectivity index (χ3v) is 2.33. The van der Waals surface area contributed by atoms with Gasteiger partial charge in [0.15, 0.2) is 0 Å². The fourth-order valence-corrected chi connectivity index (χ4v) is 1.69. The van der Waals surface area contributed by atoms with Crippen LogP contribution >= 0.6 is 0 Å². The van der Waals surface area contributed by atoms with E-state index in [0.717, 1.165) is 18.8 Å². The zero-order valence-corrected chi connectivity index (χ0v) is 8.14. The fraction of sp³-hybridized carbons (Fsp3) is 0.556. The molecular weight excluding hydrogens is 180 g/mol. The predicted molar refractivity (Wildman–Crippen MR) is 54.0 cm³/mol. The maximum absolute atomic E-state index is 9.38. The molecule has 2 heterocycles. The highest BCUT2D eigenvalue weighted by atomic mass is 16.3. The average Bonchev–Trinajstić information content (AvgIpc) is 2.50. The first-order chi connectivity index (χ1) is 6.65. The Hall–Kier alpha value is -1.36. The van der Waals surface area contributed by atoms with Gasteiger partial charge < -0.3 is 15.7 Å². The molecule has 1 aromatic rings. The number of rotatable bonds is 1. The van der Waals surface area contributed by atoms with Crippen LogP contribution in [0.15, 0.2) is 6.07 Å². The molecule has 5 heteroatoms. The van der Waals surface area contributed by atoms with Gasteiger partial charge >= 0.3 is 0 Å². The van der Waals surface area contributed by atoms with E-state index < -0.39 is 0 Å². The first-order valence-electron chi connectivity index (χ1n) is 4.69. The molecule has 1 aromatic heterocycles. The van der Waals surface area contributed by atoms with Crippen LogP contribution < -0.4 is 10.6 Å². The molecule has 0 unspecified atom stereocenters. The zero-order chi connectivity index (χ0) is 10.1. The van der Waals surface area contributed by atoms with Crippen molar-refractivity contribution in [3.63, 3.8) is 0 Å². The van der Waals surface area contributed by atoms with Crippen molar-refractivity contribution in [2.45, 2.75) is 19.4 Å². The third-order valence-electron chi connectivity index (χ3n) is 2.33. The average molecular weight is 194 g/mol. The Labute approximate surface area is 82.6 Å². The smallest absolute Gasteiger partial charge is 0.134 e. The summed E-state index contributed by atoms with van der Waals surface area (Å²) in [7, 11) is 0. The van der Waals surface area contributed by atoms with Crippen molar-refractivity contribution in [2.24, 2.45) is 0 Å². The SMILES string of the molecule is Cc1nc(N)cc(N2CC[C@@H](O)C2)n1. The van der Waals surface area contributed by atoms with E-state index in [2.05, 4.69) is 9.97 Å². The van der Waals surface area contributed by atoms with Crippen LogP contribution in [-0.2, 0) is 0 Å². The van der Waals surface area contributed by atoms with Crippen LogP contribution in [0.1, 0.15) is 12.2 Å². The summed E-state index contributed by atoms with van der Waals surface area (Å²) >= 11 is 0. The zero-order valence-electron chi connectivity index (χ0n) is 8.14. The Kier molecular flexibility index (Phi) is 2.25. The van der Waals surface area contributed by atoms with E-state index in [4.69, 9.17) is 5.73 Å². The molecule has 0 saturated carbocycles. The molecule has 0 amide bonds. The Balaban J connectivity index is 2.23. The van der Waals surface area contributed by atoms with Crippen LogP contribution in [0.3, 0.4) is 0 Å². The molecule has 14 heavy (non-hydrogen) atoms. The summed E-state index contributed by atoms with van der Waals surface area (Å²) in [5, 5.41) is 9.38. The lowest BCUT2D eigenvalue weighted by atomic mass is 10.3. The highest BCUT2D eigenvalue weighted by Crippen LogP contribution is 2.19. The summed E-state index contributed by atoms with van der Waals surface area (Å²) in [6.07, 6.45) is 0.551. The Bertz CT molecular complexity index is 321. The van der Waals surface area contributed by atoms with Gasteiger partial charge in [0.2, 0.25) is 0 Å². The first-order valence-corrected chi connectivity index (χ1v) is 4.69. The van der Waals surface area contributed by atoms with Crippen LogP contribution in [0.2, 0.25) is 0 Å². The quantitative estimate of drug-likeness (QED) is 0.655. The molecule has 2 rings (SSSR count). The summed E-state index contributed by atoms with van der Waals surface area (Å²) in [4.78, 5) is 10.3. The molecule has 1 fully saturated rings. The molecule has 1 atom stereocenters. The van der Waals surface area contributed by atoms with Gasteiger partial charge in [0, 0.05) is 19.2 Å². The molecule has 1 aliphatic heterocycles. The van der Waals surface area contributed by atoms with E-state index in [1.54, 1.807) is 6.07 Å². The summed E-state index contributed by atoms with van der Waals surface area (Å²) in [6.45, 7) is 3.28. The molecule has 76 valence electrons. The number of aliphatic hydroxyl groups excluding tert-OH is 1. The van der Waals surface area contributed by atoms with Gasteiger partial charge in [0.05, 0.1) is 6.10 Å². The lowest BCUT2D eigenvalue weighted by Crippen LogP contribution is -2.22. The number of aryl methyl sites for hydroxylation is 1. The van der Waals surface area contributed by atoms with Gasteiger partial charge in [0.25, 0.3) is 0 Å². The molecule has 0 bridgehead atoms. The maximum atomic E-state index is 9.38. The first kappa shape index (κ1) is 9.21. The van der Waals surface area contributed by atoms with E-state index in [1.165, 1.54) is 0 Å². The second-order valence-electron chi connectivity index (χ2n) is 3.59. The molecule has 1 aliphatic rings. The van der Waals surface area contributed by atoms with Crippen LogP contribution in [0.4, 0.5) is 11.6 Å². The standard InChI is InChI=1S/C9H14N4O/c1-6-11-8(10)4-9(12-6)13-3-2-7(14)5-13/h4,7,14H,2-3,5H2,1H3,(H2,10,11,12)/t7-/m1/s1. The molecule has 0 spiro atoms. The van der Waals surface area contributed by atoms with Crippen molar-refractivity contribution in [2.75, 3.05) is 23.7 Å². The van der Waals surface area contributed by atoms with Gasteiger partial charge in [-0.25, -0.2) is 9.97 Å². The Morgan fingerprint density at radius 1 is 1.57 bits per heavy atom. The minimum absolute atomic E-state index is 0.244. The molecular formula is C9H14N4O. The summed E-state index contributed by atoms with van der Waals surface area (Å²) < 4.78 is 0. The Morgan fingerprint density at radius 3 is 2.93 bits per heavy atom. The van der Waals surface area contributed by atoms with Crippen molar-refractivity contribution in [1.29, 1.82) is 0 Å². The second-order valence-corrected chi connectivity index (χ2v) is 3.59. The highest BCUT2D eigenvalue weighted by Gasteiger charge is 2.21. The van der Waals surface area contributed by atoms with Crippen LogP contribution in [0, 0.1) is 6.92 Å². The van der Waals surface area contributed by atoms with Gasteiger partial charge in [-0.05, 0) is 13.3 Å². The van der Waals surface area contributed by atoms with Gasteiger partial charge in [-0.15, -0.1) is 0 Å². The second kappa shape index (κ2) is 3.42. The minimum Gasteiger partial charge on any atom is -0.391 e. The lowest BCUT2D eigenvalue weighted by Gasteiger charge is -2.16. The summed E-state index contributed by atoms with van der Waals surface area (Å²) in [5.74, 6) is 1.96. The molecule has 5 nitrogen and oxygen atoms in total. The van der Waals surface area contributed by atoms with Crippen molar-refractivity contribution < 1.29 is 5.11 Å². The summed E-state index contributed by atoms with van der Waals surface area (Å²) in [6, 6.07) is 1.74. The molecule has 1 saturated heterocycles. The number of aromatic nitrogens is 2. The monoisotopic (exact) mass is 194 g/mol. The predicted octanol–water partition coefficient (Wildman–Crippen LogP) is -0.0618. The number of anilines is 2. The number of hydrogen-bond acceptors (Lipinski definition) is 5. The van der Waals surface area contributed by atoms with Crippen LogP contribution in [0.25, 0.3) is 0 Å². The molecule has 0 radical (unpaired) electrons. The molecule has 0 aliphatic carbocycles. The largest absolute Gasteiger partial charge is 0.391 e. The van der Waals surface area contributed by atoms with E-state index in [9.17, 15) is 5.11 Å². The maximum Gasteiger partial charge on any atom is 0.134 e. The molecule has 3 N–H and O–H groups in total. The normalized spacial score (nSPS) is 21.6. The number of nitrogens with zero attached hydrogens (tertiary/aromatic N) is 3. The highest BCUT2D eigenvalue weighted by molar-refractivity contribution is 5.47. The van der Waals surface area contributed by atoms with Gasteiger partial charge in [-0.2, -0.15) is 0 Å². The van der Waals surface area contributed by atoms with Crippen molar-refractivity contribution in [3.8, 4) is 0 Å². The van der Waals surface area contributed by atoms with E-state index in [0.29, 0.717) is 18.2 Å². The number of nitrogens with two attached hydrogens (primary N) is 1. The van der Waals surface area contributed by atoms with E-state index >= 15 is 0 Å². The summed E-state index contributed by atoms with van der Waals surface area (Å²) in [5.41, 5.74) is 5.62. The van der Waals surface area contributed by atoms with E-state index in [1.807, 2.05) is 11.8 Å². The number of β-amino-alcohol motifs (C(OH)–C–C–N with tert-alkyl or cyclic N) is 1. The van der Waals surface area contributed by atoms with Crippen molar-refractivity contribution in [3.05, 3.63) is 11.9 Å². The number of hydrogen-bond donors (Lipinski definition) is 2. The van der Waals surface area contributed by atoms with Crippen LogP contribution in [0.5, 0.6) is 0 Å². The van der Waals surface area contributed by atoms with Crippen molar-refractivity contribution >= 4 is 11.6 Å². The van der Waals surface area contributed by atoms with Gasteiger partial charge in [-0.1, -0.05) is 0 Å². The van der Waals surface area contributed by atoms with Gasteiger partial charge in [0.1, 0.15) is 17.5 Å². The van der Waals surface area contributed by atoms with Crippen LogP contribution in [-0.4, -0.2) is 34.3 Å². The number of nitrogen functional groups attached to an aromatic ring is 1. The topological polar surface area (TPSA) is 75.3 Å². The van der Waals surface area contributed by atoms with Gasteiger partial charge in [-0.3, -0.25) is 0 Å². The third kappa shape index (κ3) is 1.77. The number of aliphatic hydroxyl groups is 1. The van der Waals surface area contributed by atoms with E-state index in [-0.39, 0.29) is 6.10 Å². The lowest BCUT2D eigenvalue weighted by molar-refractivity contribution is 0.198.